The highest BCUT2D eigenvalue weighted by molar-refractivity contribution is 5.89. The first-order valence-electron chi connectivity index (χ1n) is 10.6. The molecular weight excluding hydrogens is 364 g/mol. The highest BCUT2D eigenvalue weighted by Gasteiger charge is 2.06. The summed E-state index contributed by atoms with van der Waals surface area (Å²) in [5.41, 5.74) is 2.25. The lowest BCUT2D eigenvalue weighted by Crippen LogP contribution is -2.06. The molecule has 0 saturated heterocycles. The van der Waals surface area contributed by atoms with Crippen LogP contribution in [0.4, 0.5) is 0 Å². The molecule has 2 rings (SSSR count). The number of carbonyl (C=O) groups excluding carboxylic acids is 1. The zero-order chi connectivity index (χ0) is 20.9. The van der Waals surface area contributed by atoms with Crippen molar-refractivity contribution in [3.63, 3.8) is 0 Å². The van der Waals surface area contributed by atoms with Gasteiger partial charge in [-0.15, -0.1) is 0 Å². The number of carbonyl (C=O) groups is 1. The molecule has 4 heteroatoms. The molecule has 156 valence electrons. The molecule has 0 bridgehead atoms. The van der Waals surface area contributed by atoms with Crippen LogP contribution in [0.5, 0.6) is 11.5 Å². The van der Waals surface area contributed by atoms with Gasteiger partial charge in [0.2, 0.25) is 0 Å². The van der Waals surface area contributed by atoms with Crippen LogP contribution in [-0.2, 0) is 4.74 Å². The molecule has 29 heavy (non-hydrogen) atoms. The van der Waals surface area contributed by atoms with E-state index >= 15 is 0 Å². The van der Waals surface area contributed by atoms with Crippen LogP contribution in [0, 0.1) is 0 Å². The molecule has 0 amide bonds. The maximum atomic E-state index is 12.1. The normalized spacial score (nSPS) is 11.1. The van der Waals surface area contributed by atoms with Gasteiger partial charge in [-0.05, 0) is 41.8 Å². The lowest BCUT2D eigenvalue weighted by molar-refractivity contribution is 0.0497. The van der Waals surface area contributed by atoms with Gasteiger partial charge in [-0.1, -0.05) is 82.2 Å². The maximum absolute atomic E-state index is 12.1. The lowest BCUT2D eigenvalue weighted by atomic mass is 10.1. The van der Waals surface area contributed by atoms with Crippen molar-refractivity contribution < 1.29 is 19.7 Å². The minimum atomic E-state index is -0.285. The first kappa shape index (κ1) is 22.5. The molecule has 0 aromatic heterocycles. The number of phenolic OH excluding ortho intramolecular Hbond substituents is 2. The summed E-state index contributed by atoms with van der Waals surface area (Å²) >= 11 is 0. The van der Waals surface area contributed by atoms with Crippen LogP contribution in [0.3, 0.4) is 0 Å². The third kappa shape index (κ3) is 8.43. The largest absolute Gasteiger partial charge is 0.504 e. The number of ether oxygens (including phenoxy) is 1. The van der Waals surface area contributed by atoms with Gasteiger partial charge in [0, 0.05) is 0 Å². The summed E-state index contributed by atoms with van der Waals surface area (Å²) in [6.07, 6.45) is 13.4. The van der Waals surface area contributed by atoms with Crippen LogP contribution in [0.25, 0.3) is 12.2 Å². The van der Waals surface area contributed by atoms with Crippen molar-refractivity contribution in [2.45, 2.75) is 58.3 Å². The Morgan fingerprint density at radius 1 is 0.793 bits per heavy atom. The molecule has 2 N–H and O–H groups in total. The molecule has 0 unspecified atom stereocenters. The van der Waals surface area contributed by atoms with Gasteiger partial charge in [0.15, 0.2) is 11.5 Å². The third-order valence-corrected chi connectivity index (χ3v) is 4.85. The molecule has 0 aliphatic rings. The van der Waals surface area contributed by atoms with Gasteiger partial charge in [-0.2, -0.15) is 0 Å². The monoisotopic (exact) mass is 396 g/mol. The molecule has 0 spiro atoms. The van der Waals surface area contributed by atoms with E-state index in [9.17, 15) is 15.0 Å². The van der Waals surface area contributed by atoms with Crippen molar-refractivity contribution in [3.8, 4) is 11.5 Å². The second kappa shape index (κ2) is 12.7. The first-order valence-corrected chi connectivity index (χ1v) is 10.6. The Morgan fingerprint density at radius 3 is 2.03 bits per heavy atom. The summed E-state index contributed by atoms with van der Waals surface area (Å²) in [5.74, 6) is -0.578. The average Bonchev–Trinajstić information content (AvgIpc) is 2.73. The summed E-state index contributed by atoms with van der Waals surface area (Å²) in [7, 11) is 0. The van der Waals surface area contributed by atoms with Crippen molar-refractivity contribution in [3.05, 3.63) is 59.2 Å². The van der Waals surface area contributed by atoms with E-state index in [1.807, 2.05) is 24.3 Å². The molecule has 4 nitrogen and oxygen atoms in total. The molecule has 0 atom stereocenters. The van der Waals surface area contributed by atoms with Crippen LogP contribution < -0.4 is 0 Å². The van der Waals surface area contributed by atoms with Crippen LogP contribution in [-0.4, -0.2) is 22.8 Å². The fourth-order valence-electron chi connectivity index (χ4n) is 3.05. The number of phenols is 2. The number of benzene rings is 2. The number of hydrogen-bond acceptors (Lipinski definition) is 4. The quantitative estimate of drug-likeness (QED) is 0.184. The molecule has 0 fully saturated rings. The first-order chi connectivity index (χ1) is 14.1. The summed E-state index contributed by atoms with van der Waals surface area (Å²) in [6.45, 7) is 2.70. The molecule has 0 radical (unpaired) electrons. The van der Waals surface area contributed by atoms with Gasteiger partial charge in [-0.25, -0.2) is 4.79 Å². The summed E-state index contributed by atoms with van der Waals surface area (Å²) in [4.78, 5) is 12.1. The van der Waals surface area contributed by atoms with Crippen LogP contribution in [0.15, 0.2) is 42.5 Å². The second-order valence-corrected chi connectivity index (χ2v) is 7.31. The van der Waals surface area contributed by atoms with E-state index in [0.29, 0.717) is 12.2 Å². The smallest absolute Gasteiger partial charge is 0.338 e. The summed E-state index contributed by atoms with van der Waals surface area (Å²) in [6, 6.07) is 11.9. The highest BCUT2D eigenvalue weighted by atomic mass is 16.5. The molecule has 2 aromatic carbocycles. The molecule has 0 heterocycles. The van der Waals surface area contributed by atoms with E-state index in [0.717, 1.165) is 24.0 Å². The van der Waals surface area contributed by atoms with Crippen molar-refractivity contribution in [2.24, 2.45) is 0 Å². The van der Waals surface area contributed by atoms with E-state index in [2.05, 4.69) is 6.92 Å². The zero-order valence-corrected chi connectivity index (χ0v) is 17.3. The van der Waals surface area contributed by atoms with Crippen molar-refractivity contribution >= 4 is 18.1 Å². The average molecular weight is 397 g/mol. The number of esters is 1. The van der Waals surface area contributed by atoms with Crippen molar-refractivity contribution in [1.82, 2.24) is 0 Å². The Labute approximate surface area is 173 Å². The summed E-state index contributed by atoms with van der Waals surface area (Å²) in [5, 5.41) is 18.9. The standard InChI is InChI=1S/C25H32O4/c1-2-3-4-5-6-7-8-9-18-29-25(28)22-15-12-20(13-16-22)10-11-21-14-17-23(26)24(27)19-21/h10-17,19,26-27H,2-9,18H2,1H3. The van der Waals surface area contributed by atoms with Crippen LogP contribution in [0.1, 0.15) is 79.8 Å². The Kier molecular flexibility index (Phi) is 9.84. The van der Waals surface area contributed by atoms with E-state index in [1.165, 1.54) is 50.7 Å². The van der Waals surface area contributed by atoms with Crippen molar-refractivity contribution in [1.29, 1.82) is 0 Å². The Morgan fingerprint density at radius 2 is 1.38 bits per heavy atom. The van der Waals surface area contributed by atoms with Gasteiger partial charge in [0.25, 0.3) is 0 Å². The fourth-order valence-corrected chi connectivity index (χ4v) is 3.05. The second-order valence-electron chi connectivity index (χ2n) is 7.31. The molecule has 2 aromatic rings. The summed E-state index contributed by atoms with van der Waals surface area (Å²) < 4.78 is 5.36. The predicted molar refractivity (Wildman–Crippen MR) is 118 cm³/mol. The fraction of sp³-hybridized carbons (Fsp3) is 0.400. The SMILES string of the molecule is CCCCCCCCCCOC(=O)c1ccc(C=Cc2ccc(O)c(O)c2)cc1. The predicted octanol–water partition coefficient (Wildman–Crippen LogP) is 6.57. The van der Waals surface area contributed by atoms with Crippen molar-refractivity contribution in [2.75, 3.05) is 6.61 Å². The number of hydrogen-bond donors (Lipinski definition) is 2. The number of unbranched alkanes of at least 4 members (excludes halogenated alkanes) is 7. The maximum Gasteiger partial charge on any atom is 0.338 e. The Balaban J connectivity index is 1.70. The zero-order valence-electron chi connectivity index (χ0n) is 17.3. The van der Waals surface area contributed by atoms with Gasteiger partial charge in [0.1, 0.15) is 0 Å². The van der Waals surface area contributed by atoms with Gasteiger partial charge >= 0.3 is 5.97 Å². The van der Waals surface area contributed by atoms with E-state index in [-0.39, 0.29) is 17.5 Å². The van der Waals surface area contributed by atoms with Crippen LogP contribution >= 0.6 is 0 Å². The lowest BCUT2D eigenvalue weighted by Gasteiger charge is -2.05. The number of rotatable bonds is 12. The van der Waals surface area contributed by atoms with E-state index in [4.69, 9.17) is 4.74 Å². The topological polar surface area (TPSA) is 66.8 Å². The highest BCUT2D eigenvalue weighted by Crippen LogP contribution is 2.25. The minimum absolute atomic E-state index is 0.142. The third-order valence-electron chi connectivity index (χ3n) is 4.85. The van der Waals surface area contributed by atoms with Gasteiger partial charge in [0.05, 0.1) is 12.2 Å². The van der Waals surface area contributed by atoms with E-state index < -0.39 is 0 Å². The van der Waals surface area contributed by atoms with Crippen LogP contribution in [0.2, 0.25) is 0 Å². The Hall–Kier alpha value is -2.75. The molecular formula is C25H32O4. The molecule has 0 aliphatic heterocycles. The minimum Gasteiger partial charge on any atom is -0.504 e. The van der Waals surface area contributed by atoms with Gasteiger partial charge < -0.3 is 14.9 Å². The molecule has 0 saturated carbocycles. The molecule has 0 aliphatic carbocycles. The van der Waals surface area contributed by atoms with Gasteiger partial charge in [-0.3, -0.25) is 0 Å². The van der Waals surface area contributed by atoms with E-state index in [1.54, 1.807) is 18.2 Å². The Bertz CT molecular complexity index is 778. The number of aromatic hydroxyl groups is 2.